The van der Waals surface area contributed by atoms with Gasteiger partial charge in [0, 0.05) is 13.2 Å². The summed E-state index contributed by atoms with van der Waals surface area (Å²) >= 11 is 0. The SMILES string of the molecule is Fc1ccccc1NCCOCCC1CCC1. The molecule has 0 aliphatic heterocycles. The average Bonchev–Trinajstić information content (AvgIpc) is 2.28. The number of nitrogens with one attached hydrogen (secondary N) is 1. The smallest absolute Gasteiger partial charge is 0.146 e. The highest BCUT2D eigenvalue weighted by atomic mass is 19.1. The van der Waals surface area contributed by atoms with Crippen LogP contribution in [0.25, 0.3) is 0 Å². The van der Waals surface area contributed by atoms with Crippen molar-refractivity contribution in [2.45, 2.75) is 25.7 Å². The summed E-state index contributed by atoms with van der Waals surface area (Å²) < 4.78 is 18.7. The Morgan fingerprint density at radius 1 is 1.24 bits per heavy atom. The number of para-hydroxylation sites is 1. The number of ether oxygens (including phenoxy) is 1. The van der Waals surface area contributed by atoms with E-state index in [0.29, 0.717) is 18.8 Å². The Morgan fingerprint density at radius 3 is 2.76 bits per heavy atom. The van der Waals surface area contributed by atoms with Crippen LogP contribution in [0, 0.1) is 11.7 Å². The molecule has 1 N–H and O–H groups in total. The lowest BCUT2D eigenvalue weighted by Crippen LogP contribution is -2.16. The number of hydrogen-bond acceptors (Lipinski definition) is 2. The fourth-order valence-corrected chi connectivity index (χ4v) is 2.00. The maximum Gasteiger partial charge on any atom is 0.146 e. The van der Waals surface area contributed by atoms with Crippen LogP contribution in [0.1, 0.15) is 25.7 Å². The van der Waals surface area contributed by atoms with Crippen molar-refractivity contribution in [2.75, 3.05) is 25.1 Å². The molecule has 1 aliphatic carbocycles. The van der Waals surface area contributed by atoms with Crippen molar-refractivity contribution in [3.63, 3.8) is 0 Å². The van der Waals surface area contributed by atoms with E-state index in [0.717, 1.165) is 12.5 Å². The Kier molecular flexibility index (Phi) is 4.80. The highest BCUT2D eigenvalue weighted by Crippen LogP contribution is 2.28. The van der Waals surface area contributed by atoms with Gasteiger partial charge in [-0.15, -0.1) is 0 Å². The van der Waals surface area contributed by atoms with Gasteiger partial charge in [0.2, 0.25) is 0 Å². The van der Waals surface area contributed by atoms with Crippen molar-refractivity contribution in [3.8, 4) is 0 Å². The molecule has 1 saturated carbocycles. The minimum atomic E-state index is -0.207. The van der Waals surface area contributed by atoms with E-state index in [2.05, 4.69) is 5.32 Å². The van der Waals surface area contributed by atoms with Gasteiger partial charge in [-0.1, -0.05) is 31.4 Å². The van der Waals surface area contributed by atoms with Gasteiger partial charge >= 0.3 is 0 Å². The van der Waals surface area contributed by atoms with Gasteiger partial charge in [-0.2, -0.15) is 0 Å². The van der Waals surface area contributed by atoms with Crippen LogP contribution in [-0.4, -0.2) is 19.8 Å². The first-order valence-corrected chi connectivity index (χ1v) is 6.42. The monoisotopic (exact) mass is 237 g/mol. The number of halogens is 1. The minimum absolute atomic E-state index is 0.207. The fraction of sp³-hybridized carbons (Fsp3) is 0.571. The first-order valence-electron chi connectivity index (χ1n) is 6.42. The first kappa shape index (κ1) is 12.4. The van der Waals surface area contributed by atoms with E-state index in [4.69, 9.17) is 4.74 Å². The third-order valence-corrected chi connectivity index (χ3v) is 3.33. The summed E-state index contributed by atoms with van der Waals surface area (Å²) in [6, 6.07) is 6.71. The highest BCUT2D eigenvalue weighted by Gasteiger charge is 2.16. The number of rotatable bonds is 7. The zero-order valence-electron chi connectivity index (χ0n) is 10.1. The summed E-state index contributed by atoms with van der Waals surface area (Å²) in [6.45, 7) is 2.14. The van der Waals surface area contributed by atoms with E-state index in [9.17, 15) is 4.39 Å². The Balaban J connectivity index is 1.52. The summed E-state index contributed by atoms with van der Waals surface area (Å²) in [5, 5.41) is 3.03. The van der Waals surface area contributed by atoms with Gasteiger partial charge in [0.25, 0.3) is 0 Å². The Labute approximate surface area is 102 Å². The fourth-order valence-electron chi connectivity index (χ4n) is 2.00. The van der Waals surface area contributed by atoms with Crippen LogP contribution in [0.4, 0.5) is 10.1 Å². The molecule has 1 aromatic rings. The molecule has 3 heteroatoms. The lowest BCUT2D eigenvalue weighted by molar-refractivity contribution is 0.114. The first-order chi connectivity index (χ1) is 8.36. The summed E-state index contributed by atoms with van der Waals surface area (Å²) in [4.78, 5) is 0. The van der Waals surface area contributed by atoms with E-state index >= 15 is 0 Å². The largest absolute Gasteiger partial charge is 0.380 e. The second-order valence-electron chi connectivity index (χ2n) is 4.60. The van der Waals surface area contributed by atoms with Gasteiger partial charge in [0.1, 0.15) is 5.82 Å². The molecule has 2 rings (SSSR count). The summed E-state index contributed by atoms with van der Waals surface area (Å²) in [5.41, 5.74) is 0.551. The van der Waals surface area contributed by atoms with Crippen LogP contribution >= 0.6 is 0 Å². The molecule has 0 saturated heterocycles. The lowest BCUT2D eigenvalue weighted by Gasteiger charge is -2.24. The molecule has 94 valence electrons. The van der Waals surface area contributed by atoms with E-state index in [1.807, 2.05) is 6.07 Å². The second kappa shape index (κ2) is 6.60. The second-order valence-corrected chi connectivity index (χ2v) is 4.60. The molecule has 0 aromatic heterocycles. The van der Waals surface area contributed by atoms with Gasteiger partial charge in [-0.25, -0.2) is 4.39 Å². The maximum atomic E-state index is 13.2. The lowest BCUT2D eigenvalue weighted by atomic mass is 9.83. The summed E-state index contributed by atoms with van der Waals surface area (Å²) in [7, 11) is 0. The number of hydrogen-bond donors (Lipinski definition) is 1. The van der Waals surface area contributed by atoms with Crippen LogP contribution in [0.3, 0.4) is 0 Å². The zero-order chi connectivity index (χ0) is 11.9. The Morgan fingerprint density at radius 2 is 2.06 bits per heavy atom. The number of benzene rings is 1. The molecule has 1 aromatic carbocycles. The predicted molar refractivity (Wildman–Crippen MR) is 67.7 cm³/mol. The molecular formula is C14H20FNO. The van der Waals surface area contributed by atoms with Crippen molar-refractivity contribution in [1.82, 2.24) is 0 Å². The van der Waals surface area contributed by atoms with Crippen molar-refractivity contribution >= 4 is 5.69 Å². The quantitative estimate of drug-likeness (QED) is 0.733. The van der Waals surface area contributed by atoms with Crippen LogP contribution in [0.5, 0.6) is 0 Å². The third kappa shape index (κ3) is 4.00. The third-order valence-electron chi connectivity index (χ3n) is 3.33. The molecule has 17 heavy (non-hydrogen) atoms. The zero-order valence-corrected chi connectivity index (χ0v) is 10.1. The normalized spacial score (nSPS) is 15.6. The van der Waals surface area contributed by atoms with E-state index in [1.165, 1.54) is 31.7 Å². The van der Waals surface area contributed by atoms with Crippen molar-refractivity contribution < 1.29 is 9.13 Å². The molecule has 0 heterocycles. The van der Waals surface area contributed by atoms with E-state index < -0.39 is 0 Å². The topological polar surface area (TPSA) is 21.3 Å². The van der Waals surface area contributed by atoms with Crippen LogP contribution in [-0.2, 0) is 4.74 Å². The van der Waals surface area contributed by atoms with Gasteiger partial charge in [0.05, 0.1) is 12.3 Å². The van der Waals surface area contributed by atoms with Gasteiger partial charge in [0.15, 0.2) is 0 Å². The van der Waals surface area contributed by atoms with Crippen LogP contribution in [0.2, 0.25) is 0 Å². The van der Waals surface area contributed by atoms with Gasteiger partial charge < -0.3 is 10.1 Å². The number of anilines is 1. The Hall–Kier alpha value is -1.09. The molecule has 0 atom stereocenters. The molecule has 0 unspecified atom stereocenters. The van der Waals surface area contributed by atoms with Gasteiger partial charge in [-0.05, 0) is 24.5 Å². The molecule has 0 bridgehead atoms. The standard InChI is InChI=1S/C14H20FNO/c15-13-6-1-2-7-14(13)16-9-11-17-10-8-12-4-3-5-12/h1-2,6-7,12,16H,3-5,8-11H2. The van der Waals surface area contributed by atoms with Crippen molar-refractivity contribution in [1.29, 1.82) is 0 Å². The molecule has 0 amide bonds. The molecule has 2 nitrogen and oxygen atoms in total. The molecular weight excluding hydrogens is 217 g/mol. The molecule has 0 spiro atoms. The van der Waals surface area contributed by atoms with Gasteiger partial charge in [-0.3, -0.25) is 0 Å². The summed E-state index contributed by atoms with van der Waals surface area (Å²) in [6.07, 6.45) is 5.31. The molecule has 1 aliphatic rings. The maximum absolute atomic E-state index is 13.2. The van der Waals surface area contributed by atoms with Crippen molar-refractivity contribution in [2.24, 2.45) is 5.92 Å². The van der Waals surface area contributed by atoms with Crippen molar-refractivity contribution in [3.05, 3.63) is 30.1 Å². The molecule has 0 radical (unpaired) electrons. The van der Waals surface area contributed by atoms with Crippen LogP contribution < -0.4 is 5.32 Å². The minimum Gasteiger partial charge on any atom is -0.380 e. The molecule has 1 fully saturated rings. The Bertz CT molecular complexity index is 339. The van der Waals surface area contributed by atoms with Crippen LogP contribution in [0.15, 0.2) is 24.3 Å². The average molecular weight is 237 g/mol. The predicted octanol–water partition coefficient (Wildman–Crippen LogP) is 3.44. The summed E-state index contributed by atoms with van der Waals surface area (Å²) in [5.74, 6) is 0.691. The highest BCUT2D eigenvalue weighted by molar-refractivity contribution is 5.44. The van der Waals surface area contributed by atoms with E-state index in [1.54, 1.807) is 12.1 Å². The van der Waals surface area contributed by atoms with E-state index in [-0.39, 0.29) is 5.82 Å².